The number of aromatic nitrogens is 2. The molecule has 0 aliphatic heterocycles. The van der Waals surface area contributed by atoms with Gasteiger partial charge in [0.2, 0.25) is 0 Å². The molecule has 0 bridgehead atoms. The van der Waals surface area contributed by atoms with Crippen molar-refractivity contribution in [1.82, 2.24) is 14.3 Å². The zero-order chi connectivity index (χ0) is 25.9. The van der Waals surface area contributed by atoms with Gasteiger partial charge in [0.25, 0.3) is 17.0 Å². The van der Waals surface area contributed by atoms with Crippen LogP contribution in [0.5, 0.6) is 5.75 Å². The Balaban J connectivity index is 2.11. The van der Waals surface area contributed by atoms with Crippen molar-refractivity contribution in [3.05, 3.63) is 80.4 Å². The summed E-state index contributed by atoms with van der Waals surface area (Å²) in [6, 6.07) is 14.0. The zero-order valence-corrected chi connectivity index (χ0v) is 21.0. The van der Waals surface area contributed by atoms with Gasteiger partial charge in [0.1, 0.15) is 11.4 Å². The minimum atomic E-state index is -0.465. The van der Waals surface area contributed by atoms with Crippen molar-refractivity contribution in [2.45, 2.75) is 39.3 Å². The maximum Gasteiger partial charge on any atom is 0.290 e. The van der Waals surface area contributed by atoms with Gasteiger partial charge in [-0.2, -0.15) is 0 Å². The summed E-state index contributed by atoms with van der Waals surface area (Å²) in [6.45, 7) is 5.72. The maximum atomic E-state index is 13.2. The minimum Gasteiger partial charge on any atom is -0.505 e. The third kappa shape index (κ3) is 5.08. The second kappa shape index (κ2) is 10.5. The normalized spacial score (nSPS) is 11.9. The van der Waals surface area contributed by atoms with Crippen LogP contribution in [0, 0.1) is 0 Å². The van der Waals surface area contributed by atoms with Crippen LogP contribution in [-0.2, 0) is 14.1 Å². The van der Waals surface area contributed by atoms with E-state index in [0.29, 0.717) is 6.42 Å². The van der Waals surface area contributed by atoms with Gasteiger partial charge in [-0.05, 0) is 38.0 Å². The highest BCUT2D eigenvalue weighted by Crippen LogP contribution is 2.32. The number of benzene rings is 2. The molecule has 1 aromatic heterocycles. The van der Waals surface area contributed by atoms with E-state index in [0.717, 1.165) is 5.56 Å². The predicted molar refractivity (Wildman–Crippen MR) is 139 cm³/mol. The Bertz CT molecular complexity index is 1330. The molecule has 1 atom stereocenters. The number of hydrogen-bond acceptors (Lipinski definition) is 6. The fourth-order valence-electron chi connectivity index (χ4n) is 3.72. The van der Waals surface area contributed by atoms with Crippen LogP contribution in [0.1, 0.15) is 49.2 Å². The van der Waals surface area contributed by atoms with Crippen molar-refractivity contribution in [2.75, 3.05) is 17.7 Å². The van der Waals surface area contributed by atoms with Gasteiger partial charge in [-0.15, -0.1) is 0 Å². The molecular weight excluding hydrogens is 446 g/mol. The second-order valence-electron chi connectivity index (χ2n) is 8.76. The van der Waals surface area contributed by atoms with Gasteiger partial charge in [0.15, 0.2) is 5.75 Å². The molecule has 0 fully saturated rings. The van der Waals surface area contributed by atoms with Gasteiger partial charge in [-0.3, -0.25) is 14.4 Å². The number of carbonyl (C=O) groups excluding carboxylic acids is 1. The number of amides is 1. The number of aromatic hydroxyl groups is 1. The number of rotatable bonds is 8. The second-order valence-corrected chi connectivity index (χ2v) is 8.76. The Hall–Kier alpha value is -4.01. The van der Waals surface area contributed by atoms with Crippen LogP contribution < -0.4 is 21.8 Å². The number of carbonyl (C=O) groups is 1. The summed E-state index contributed by atoms with van der Waals surface area (Å²) >= 11 is 0. The molecule has 0 saturated heterocycles. The van der Waals surface area contributed by atoms with Crippen LogP contribution in [0.2, 0.25) is 0 Å². The molecule has 0 aliphatic rings. The molecule has 9 nitrogen and oxygen atoms in total. The summed E-state index contributed by atoms with van der Waals surface area (Å²) in [6.07, 6.45) is 0.665. The number of nitrogens with one attached hydrogen (secondary N) is 2. The third-order valence-electron chi connectivity index (χ3n) is 6.27. The van der Waals surface area contributed by atoms with Crippen molar-refractivity contribution < 1.29 is 9.90 Å². The molecule has 35 heavy (non-hydrogen) atoms. The Morgan fingerprint density at radius 1 is 0.971 bits per heavy atom. The van der Waals surface area contributed by atoms with Gasteiger partial charge < -0.3 is 20.6 Å². The standard InChI is InChI=1S/C26H33N5O4/c1-7-19(17-12-9-8-10-13-17)27-21-22(26(35)31(6)30(5)25(21)34)28-20-15-11-14-18(23(20)32)24(33)29(4)16(2)3/h8-16,19,27-28,32H,7H2,1-6H3/t19-/m1/s1. The fourth-order valence-corrected chi connectivity index (χ4v) is 3.72. The molecule has 0 saturated carbocycles. The molecule has 0 spiro atoms. The first-order chi connectivity index (χ1) is 16.6. The number of anilines is 3. The fraction of sp³-hybridized carbons (Fsp3) is 0.346. The lowest BCUT2D eigenvalue weighted by Crippen LogP contribution is -2.38. The van der Waals surface area contributed by atoms with Gasteiger partial charge in [0.05, 0.1) is 17.3 Å². The molecule has 0 radical (unpaired) electrons. The van der Waals surface area contributed by atoms with E-state index in [-0.39, 0.29) is 46.4 Å². The zero-order valence-electron chi connectivity index (χ0n) is 21.0. The van der Waals surface area contributed by atoms with E-state index < -0.39 is 11.1 Å². The van der Waals surface area contributed by atoms with Crippen LogP contribution in [0.15, 0.2) is 58.1 Å². The van der Waals surface area contributed by atoms with Crippen LogP contribution in [0.3, 0.4) is 0 Å². The molecule has 0 unspecified atom stereocenters. The Morgan fingerprint density at radius 2 is 1.57 bits per heavy atom. The Morgan fingerprint density at radius 3 is 2.14 bits per heavy atom. The third-order valence-corrected chi connectivity index (χ3v) is 6.27. The summed E-state index contributed by atoms with van der Waals surface area (Å²) in [7, 11) is 4.66. The smallest absolute Gasteiger partial charge is 0.290 e. The lowest BCUT2D eigenvalue weighted by Gasteiger charge is -2.24. The molecule has 186 valence electrons. The van der Waals surface area contributed by atoms with Crippen LogP contribution >= 0.6 is 0 Å². The highest BCUT2D eigenvalue weighted by molar-refractivity contribution is 5.99. The average molecular weight is 480 g/mol. The van der Waals surface area contributed by atoms with Crippen molar-refractivity contribution in [1.29, 1.82) is 0 Å². The average Bonchev–Trinajstić information content (AvgIpc) is 2.86. The van der Waals surface area contributed by atoms with E-state index in [2.05, 4.69) is 10.6 Å². The van der Waals surface area contributed by atoms with Gasteiger partial charge >= 0.3 is 0 Å². The number of phenolic OH excluding ortho intramolecular Hbond substituents is 1. The van der Waals surface area contributed by atoms with Crippen molar-refractivity contribution >= 4 is 23.0 Å². The number of nitrogens with zero attached hydrogens (tertiary/aromatic N) is 3. The van der Waals surface area contributed by atoms with E-state index in [9.17, 15) is 19.5 Å². The highest BCUT2D eigenvalue weighted by Gasteiger charge is 2.23. The summed E-state index contributed by atoms with van der Waals surface area (Å²) in [5, 5.41) is 17.1. The number of hydrogen-bond donors (Lipinski definition) is 3. The lowest BCUT2D eigenvalue weighted by molar-refractivity contribution is 0.0752. The molecule has 3 aromatic rings. The van der Waals surface area contributed by atoms with Gasteiger partial charge in [-0.25, -0.2) is 9.36 Å². The highest BCUT2D eigenvalue weighted by atomic mass is 16.3. The van der Waals surface area contributed by atoms with E-state index >= 15 is 0 Å². The summed E-state index contributed by atoms with van der Waals surface area (Å²) in [4.78, 5) is 40.8. The number of phenols is 1. The van der Waals surface area contributed by atoms with E-state index in [1.807, 2.05) is 51.1 Å². The molecular formula is C26H33N5O4. The maximum absolute atomic E-state index is 13.2. The Labute approximate surface area is 204 Å². The molecule has 0 aliphatic carbocycles. The number of para-hydroxylation sites is 1. The Kier molecular flexibility index (Phi) is 7.68. The van der Waals surface area contributed by atoms with Crippen LogP contribution in [0.25, 0.3) is 0 Å². The van der Waals surface area contributed by atoms with E-state index in [1.54, 1.807) is 19.2 Å². The molecule has 1 heterocycles. The summed E-state index contributed by atoms with van der Waals surface area (Å²) < 4.78 is 2.42. The molecule has 2 aromatic carbocycles. The molecule has 3 N–H and O–H groups in total. The van der Waals surface area contributed by atoms with Gasteiger partial charge in [0, 0.05) is 27.2 Å². The molecule has 3 rings (SSSR count). The quantitative estimate of drug-likeness (QED) is 0.426. The lowest BCUT2D eigenvalue weighted by atomic mass is 10.0. The van der Waals surface area contributed by atoms with Crippen molar-refractivity contribution in [2.24, 2.45) is 14.1 Å². The minimum absolute atomic E-state index is 0.0119. The predicted octanol–water partition coefficient (Wildman–Crippen LogP) is 3.58. The van der Waals surface area contributed by atoms with Crippen molar-refractivity contribution in [3.8, 4) is 5.75 Å². The SMILES string of the molecule is CC[C@@H](Nc1c(Nc2cccc(C(=O)N(C)C(C)C)c2O)c(=O)n(C)n(C)c1=O)c1ccccc1. The summed E-state index contributed by atoms with van der Waals surface area (Å²) in [5.41, 5.74) is 0.411. The molecule has 1 amide bonds. The first kappa shape index (κ1) is 25.6. The van der Waals surface area contributed by atoms with Crippen LogP contribution in [-0.4, -0.2) is 38.4 Å². The largest absolute Gasteiger partial charge is 0.505 e. The topological polar surface area (TPSA) is 109 Å². The van der Waals surface area contributed by atoms with E-state index in [1.165, 1.54) is 34.4 Å². The van der Waals surface area contributed by atoms with E-state index in [4.69, 9.17) is 0 Å². The van der Waals surface area contributed by atoms with Crippen molar-refractivity contribution in [3.63, 3.8) is 0 Å². The van der Waals surface area contributed by atoms with Gasteiger partial charge in [-0.1, -0.05) is 43.3 Å². The monoisotopic (exact) mass is 479 g/mol. The summed E-state index contributed by atoms with van der Waals surface area (Å²) in [5.74, 6) is -0.653. The van der Waals surface area contributed by atoms with Crippen LogP contribution in [0.4, 0.5) is 17.1 Å². The first-order valence-electron chi connectivity index (χ1n) is 11.6. The molecule has 9 heteroatoms. The first-order valence-corrected chi connectivity index (χ1v) is 11.6.